The molecular weight excluding hydrogens is 570 g/mol. The van der Waals surface area contributed by atoms with Gasteiger partial charge in [-0.2, -0.15) is 0 Å². The minimum Gasteiger partial charge on any atom is -0.496 e. The van der Waals surface area contributed by atoms with Crippen molar-refractivity contribution < 1.29 is 23.9 Å². The number of para-hydroxylation sites is 2. The van der Waals surface area contributed by atoms with Crippen molar-refractivity contribution in [1.82, 2.24) is 24.3 Å². The maximum atomic E-state index is 13.5. The van der Waals surface area contributed by atoms with Gasteiger partial charge in [0.1, 0.15) is 17.2 Å². The SMILES string of the molecule is COc1ccnc2c1CCCC2N(CCCCN1C(=O)c2ccccc2C1=O)Cc1nc2ccccc2n1C(=O)OC(C)(C)C. The summed E-state index contributed by atoms with van der Waals surface area (Å²) in [6.45, 7) is 6.91. The Hall–Kier alpha value is -4.57. The lowest BCUT2D eigenvalue weighted by molar-refractivity contribution is 0.0530. The number of rotatable bonds is 9. The van der Waals surface area contributed by atoms with Gasteiger partial charge in [0.2, 0.25) is 0 Å². The fourth-order valence-corrected chi connectivity index (χ4v) is 6.43. The van der Waals surface area contributed by atoms with E-state index in [1.165, 1.54) is 4.90 Å². The van der Waals surface area contributed by atoms with Crippen molar-refractivity contribution in [2.45, 2.75) is 71.1 Å². The standard InChI is InChI=1S/C35H39N5O5/c1-35(2,3)45-34(43)40-27-16-8-7-15-26(27)37-30(40)22-38(28-17-11-14-25-29(44-4)18-19-36-31(25)28)20-9-10-21-39-32(41)23-12-5-6-13-24(23)33(39)42/h5-8,12-13,15-16,18-19,28H,9-11,14,17,20-22H2,1-4H3. The summed E-state index contributed by atoms with van der Waals surface area (Å²) in [5.74, 6) is 0.934. The van der Waals surface area contributed by atoms with E-state index >= 15 is 0 Å². The fourth-order valence-electron chi connectivity index (χ4n) is 6.43. The smallest absolute Gasteiger partial charge is 0.420 e. The van der Waals surface area contributed by atoms with Gasteiger partial charge in [0.25, 0.3) is 11.8 Å². The number of carbonyl (C=O) groups excluding carboxylic acids is 3. The molecule has 1 unspecified atom stereocenters. The summed E-state index contributed by atoms with van der Waals surface area (Å²) in [5, 5.41) is 0. The third-order valence-corrected chi connectivity index (χ3v) is 8.43. The number of benzene rings is 2. The number of hydrogen-bond donors (Lipinski definition) is 0. The Balaban J connectivity index is 1.28. The molecule has 10 nitrogen and oxygen atoms in total. The highest BCUT2D eigenvalue weighted by Gasteiger charge is 2.35. The van der Waals surface area contributed by atoms with E-state index < -0.39 is 11.7 Å². The molecule has 0 N–H and O–H groups in total. The molecule has 234 valence electrons. The molecule has 0 spiro atoms. The molecule has 2 aliphatic rings. The number of nitrogens with zero attached hydrogens (tertiary/aromatic N) is 5. The van der Waals surface area contributed by atoms with Crippen LogP contribution >= 0.6 is 0 Å². The highest BCUT2D eigenvalue weighted by molar-refractivity contribution is 6.21. The Morgan fingerprint density at radius 1 is 1.00 bits per heavy atom. The molecule has 0 bridgehead atoms. The van der Waals surface area contributed by atoms with Gasteiger partial charge < -0.3 is 9.47 Å². The fraction of sp³-hybridized carbons (Fsp3) is 0.400. The highest BCUT2D eigenvalue weighted by Crippen LogP contribution is 2.38. The second-order valence-electron chi connectivity index (χ2n) is 12.6. The van der Waals surface area contributed by atoms with Crippen LogP contribution in [0.2, 0.25) is 0 Å². The molecule has 1 aliphatic heterocycles. The molecule has 10 heteroatoms. The maximum Gasteiger partial charge on any atom is 0.420 e. The first-order valence-electron chi connectivity index (χ1n) is 15.6. The molecule has 0 radical (unpaired) electrons. The highest BCUT2D eigenvalue weighted by atomic mass is 16.6. The molecule has 0 saturated carbocycles. The molecule has 2 amide bonds. The van der Waals surface area contributed by atoms with Crippen LogP contribution in [0.3, 0.4) is 0 Å². The van der Waals surface area contributed by atoms with Gasteiger partial charge in [-0.25, -0.2) is 14.3 Å². The van der Waals surface area contributed by atoms with Crippen LogP contribution in [0, 0.1) is 0 Å². The largest absolute Gasteiger partial charge is 0.496 e. The predicted molar refractivity (Wildman–Crippen MR) is 169 cm³/mol. The third kappa shape index (κ3) is 6.07. The first-order valence-corrected chi connectivity index (χ1v) is 15.6. The quantitative estimate of drug-likeness (QED) is 0.164. The molecule has 4 aromatic rings. The Morgan fingerprint density at radius 3 is 2.42 bits per heavy atom. The summed E-state index contributed by atoms with van der Waals surface area (Å²) < 4.78 is 13.1. The second kappa shape index (κ2) is 12.4. The summed E-state index contributed by atoms with van der Waals surface area (Å²) in [6, 6.07) is 16.4. The zero-order valence-electron chi connectivity index (χ0n) is 26.3. The monoisotopic (exact) mass is 609 g/mol. The van der Waals surface area contributed by atoms with Gasteiger partial charge in [0.15, 0.2) is 0 Å². The van der Waals surface area contributed by atoms with Crippen LogP contribution in [0.1, 0.15) is 90.3 Å². The second-order valence-corrected chi connectivity index (χ2v) is 12.6. The minimum atomic E-state index is -0.674. The summed E-state index contributed by atoms with van der Waals surface area (Å²) in [5.41, 5.74) is 3.73. The molecule has 6 rings (SSSR count). The van der Waals surface area contributed by atoms with Gasteiger partial charge in [-0.1, -0.05) is 24.3 Å². The van der Waals surface area contributed by atoms with E-state index in [1.54, 1.807) is 42.1 Å². The van der Waals surface area contributed by atoms with E-state index in [4.69, 9.17) is 19.4 Å². The maximum absolute atomic E-state index is 13.5. The van der Waals surface area contributed by atoms with Crippen LogP contribution in [0.5, 0.6) is 5.75 Å². The van der Waals surface area contributed by atoms with Crippen molar-refractivity contribution in [1.29, 1.82) is 0 Å². The molecular formula is C35H39N5O5. The van der Waals surface area contributed by atoms with Gasteiger partial charge in [0.05, 0.1) is 47.6 Å². The van der Waals surface area contributed by atoms with Crippen molar-refractivity contribution >= 4 is 28.9 Å². The van der Waals surface area contributed by atoms with Gasteiger partial charge in [-0.15, -0.1) is 0 Å². The van der Waals surface area contributed by atoms with Gasteiger partial charge in [0, 0.05) is 18.3 Å². The van der Waals surface area contributed by atoms with Crippen molar-refractivity contribution in [3.8, 4) is 5.75 Å². The van der Waals surface area contributed by atoms with Crippen molar-refractivity contribution in [3.63, 3.8) is 0 Å². The summed E-state index contributed by atoms with van der Waals surface area (Å²) in [7, 11) is 1.68. The third-order valence-electron chi connectivity index (χ3n) is 8.43. The Kier molecular flexibility index (Phi) is 8.42. The summed E-state index contributed by atoms with van der Waals surface area (Å²) in [4.78, 5) is 52.8. The number of imidazole rings is 1. The molecule has 2 aromatic carbocycles. The molecule has 2 aromatic heterocycles. The van der Waals surface area contributed by atoms with Gasteiger partial charge in [-0.05, 0) is 89.8 Å². The van der Waals surface area contributed by atoms with Gasteiger partial charge >= 0.3 is 6.09 Å². The van der Waals surface area contributed by atoms with Crippen LogP contribution in [0.15, 0.2) is 60.8 Å². The number of imide groups is 1. The molecule has 0 saturated heterocycles. The number of ether oxygens (including phenoxy) is 2. The number of aromatic nitrogens is 3. The number of fused-ring (bicyclic) bond motifs is 3. The van der Waals surface area contributed by atoms with Gasteiger partial charge in [-0.3, -0.25) is 24.4 Å². The first kappa shape index (κ1) is 30.5. The Morgan fingerprint density at radius 2 is 1.71 bits per heavy atom. The summed E-state index contributed by atoms with van der Waals surface area (Å²) >= 11 is 0. The number of amides is 2. The van der Waals surface area contributed by atoms with E-state index in [1.807, 2.05) is 51.1 Å². The minimum absolute atomic E-state index is 0.0324. The van der Waals surface area contributed by atoms with Crippen molar-refractivity contribution in [3.05, 3.63) is 89.0 Å². The van der Waals surface area contributed by atoms with E-state index in [0.717, 1.165) is 42.7 Å². The van der Waals surface area contributed by atoms with Crippen LogP contribution in [-0.4, -0.2) is 68.0 Å². The van der Waals surface area contributed by atoms with Crippen LogP contribution in [0.25, 0.3) is 11.0 Å². The van der Waals surface area contributed by atoms with Crippen LogP contribution in [0.4, 0.5) is 4.79 Å². The summed E-state index contributed by atoms with van der Waals surface area (Å²) in [6.07, 6.45) is 5.40. The molecule has 45 heavy (non-hydrogen) atoms. The zero-order chi connectivity index (χ0) is 31.7. The predicted octanol–water partition coefficient (Wildman–Crippen LogP) is 6.18. The first-order chi connectivity index (χ1) is 21.7. The molecule has 0 fully saturated rings. The van der Waals surface area contributed by atoms with E-state index in [9.17, 15) is 14.4 Å². The lowest BCUT2D eigenvalue weighted by Crippen LogP contribution is -2.36. The normalized spacial score (nSPS) is 16.3. The average Bonchev–Trinajstić information content (AvgIpc) is 3.51. The van der Waals surface area contributed by atoms with E-state index in [-0.39, 0.29) is 17.9 Å². The topological polar surface area (TPSA) is 107 Å². The average molecular weight is 610 g/mol. The number of methoxy groups -OCH3 is 1. The van der Waals surface area contributed by atoms with E-state index in [0.29, 0.717) is 54.0 Å². The van der Waals surface area contributed by atoms with Crippen LogP contribution < -0.4 is 4.74 Å². The molecule has 1 atom stereocenters. The number of carbonyl (C=O) groups is 3. The lowest BCUT2D eigenvalue weighted by Gasteiger charge is -2.35. The Labute approximate surface area is 263 Å². The molecule has 3 heterocycles. The zero-order valence-corrected chi connectivity index (χ0v) is 26.3. The van der Waals surface area contributed by atoms with Crippen LogP contribution in [-0.2, 0) is 17.7 Å². The number of unbranched alkanes of at least 4 members (excludes halogenated alkanes) is 1. The Bertz CT molecular complexity index is 1720. The number of hydrogen-bond acceptors (Lipinski definition) is 8. The molecule has 1 aliphatic carbocycles. The van der Waals surface area contributed by atoms with E-state index in [2.05, 4.69) is 4.90 Å². The van der Waals surface area contributed by atoms with Crippen molar-refractivity contribution in [2.75, 3.05) is 20.2 Å². The lowest BCUT2D eigenvalue weighted by atomic mass is 9.90. The number of pyridine rings is 1. The van der Waals surface area contributed by atoms with Crippen molar-refractivity contribution in [2.24, 2.45) is 0 Å².